The summed E-state index contributed by atoms with van der Waals surface area (Å²) in [7, 11) is 3.22. The SMILES string of the molecule is CCCCOc1ccc(CNC(=S)NC(=O)/C=C/c2ccc(OC)cc2)cc1OC. The van der Waals surface area contributed by atoms with Crippen LogP contribution in [-0.2, 0) is 11.3 Å². The van der Waals surface area contributed by atoms with Crippen LogP contribution in [0.25, 0.3) is 6.08 Å². The number of unbranched alkanes of at least 4 members (excludes halogenated alkanes) is 1. The molecule has 1 amide bonds. The van der Waals surface area contributed by atoms with E-state index in [1.807, 2.05) is 42.5 Å². The number of thiocarbonyl (C=S) groups is 1. The van der Waals surface area contributed by atoms with E-state index in [9.17, 15) is 4.79 Å². The molecule has 6 nitrogen and oxygen atoms in total. The summed E-state index contributed by atoms with van der Waals surface area (Å²) in [5, 5.41) is 5.90. The molecule has 0 unspecified atom stereocenters. The molecule has 0 saturated carbocycles. The highest BCUT2D eigenvalue weighted by atomic mass is 32.1. The number of carbonyl (C=O) groups excluding carboxylic acids is 1. The van der Waals surface area contributed by atoms with Crippen molar-refractivity contribution in [2.24, 2.45) is 0 Å². The number of nitrogens with one attached hydrogen (secondary N) is 2. The fourth-order valence-corrected chi connectivity index (χ4v) is 2.71. The molecule has 2 aromatic carbocycles. The lowest BCUT2D eigenvalue weighted by Crippen LogP contribution is -2.37. The van der Waals surface area contributed by atoms with Crippen molar-refractivity contribution in [2.45, 2.75) is 26.3 Å². The Bertz CT molecular complexity index is 866. The van der Waals surface area contributed by atoms with Crippen molar-refractivity contribution in [3.8, 4) is 17.2 Å². The zero-order chi connectivity index (χ0) is 21.8. The van der Waals surface area contributed by atoms with Crippen LogP contribution in [0, 0.1) is 0 Å². The summed E-state index contributed by atoms with van der Waals surface area (Å²) in [6.07, 6.45) is 5.21. The average Bonchev–Trinajstić information content (AvgIpc) is 2.77. The Hall–Kier alpha value is -3.06. The summed E-state index contributed by atoms with van der Waals surface area (Å²) >= 11 is 5.20. The molecule has 0 heterocycles. The maximum atomic E-state index is 12.0. The van der Waals surface area contributed by atoms with Crippen LogP contribution in [-0.4, -0.2) is 31.8 Å². The minimum absolute atomic E-state index is 0.252. The van der Waals surface area contributed by atoms with Gasteiger partial charge in [0.2, 0.25) is 5.91 Å². The number of carbonyl (C=O) groups is 1. The van der Waals surface area contributed by atoms with Crippen LogP contribution in [0.1, 0.15) is 30.9 Å². The molecule has 0 spiro atoms. The van der Waals surface area contributed by atoms with Gasteiger partial charge in [0, 0.05) is 12.6 Å². The Morgan fingerprint density at radius 1 is 1.07 bits per heavy atom. The lowest BCUT2D eigenvalue weighted by Gasteiger charge is -2.13. The van der Waals surface area contributed by atoms with Crippen molar-refractivity contribution >= 4 is 29.3 Å². The van der Waals surface area contributed by atoms with Gasteiger partial charge in [-0.3, -0.25) is 10.1 Å². The number of hydrogen-bond acceptors (Lipinski definition) is 5. The number of amides is 1. The molecule has 0 bridgehead atoms. The quantitative estimate of drug-likeness (QED) is 0.338. The number of ether oxygens (including phenoxy) is 3. The number of rotatable bonds is 10. The Labute approximate surface area is 183 Å². The molecule has 30 heavy (non-hydrogen) atoms. The fourth-order valence-electron chi connectivity index (χ4n) is 2.53. The van der Waals surface area contributed by atoms with Crippen LogP contribution < -0.4 is 24.8 Å². The molecule has 0 fully saturated rings. The Balaban J connectivity index is 1.82. The third kappa shape index (κ3) is 7.75. The summed E-state index contributed by atoms with van der Waals surface area (Å²) in [5.74, 6) is 1.84. The van der Waals surface area contributed by atoms with Crippen molar-refractivity contribution in [3.63, 3.8) is 0 Å². The first-order valence-electron chi connectivity index (χ1n) is 9.76. The van der Waals surface area contributed by atoms with Crippen LogP contribution >= 0.6 is 12.2 Å². The van der Waals surface area contributed by atoms with Gasteiger partial charge in [0.1, 0.15) is 5.75 Å². The van der Waals surface area contributed by atoms with Crippen LogP contribution in [0.4, 0.5) is 0 Å². The van der Waals surface area contributed by atoms with Gasteiger partial charge in [-0.1, -0.05) is 31.5 Å². The predicted molar refractivity (Wildman–Crippen MR) is 123 cm³/mol. The largest absolute Gasteiger partial charge is 0.497 e. The maximum absolute atomic E-state index is 12.0. The minimum Gasteiger partial charge on any atom is -0.497 e. The monoisotopic (exact) mass is 428 g/mol. The molecular weight excluding hydrogens is 400 g/mol. The smallest absolute Gasteiger partial charge is 0.250 e. The highest BCUT2D eigenvalue weighted by molar-refractivity contribution is 7.80. The van der Waals surface area contributed by atoms with Crippen molar-refractivity contribution < 1.29 is 19.0 Å². The predicted octanol–water partition coefficient (Wildman–Crippen LogP) is 4.09. The molecule has 0 aromatic heterocycles. The Kier molecular flexibility index (Phi) is 9.67. The van der Waals surface area contributed by atoms with E-state index in [4.69, 9.17) is 26.4 Å². The van der Waals surface area contributed by atoms with Gasteiger partial charge in [0.05, 0.1) is 20.8 Å². The third-order valence-corrected chi connectivity index (χ3v) is 4.46. The van der Waals surface area contributed by atoms with E-state index in [0.717, 1.165) is 29.7 Å². The summed E-state index contributed by atoms with van der Waals surface area (Å²) in [4.78, 5) is 12.0. The van der Waals surface area contributed by atoms with Crippen molar-refractivity contribution in [1.82, 2.24) is 10.6 Å². The molecule has 0 aliphatic heterocycles. The second kappa shape index (κ2) is 12.5. The van der Waals surface area contributed by atoms with Crippen LogP contribution in [0.2, 0.25) is 0 Å². The molecule has 2 N–H and O–H groups in total. The molecule has 7 heteroatoms. The van der Waals surface area contributed by atoms with E-state index in [-0.39, 0.29) is 11.0 Å². The lowest BCUT2D eigenvalue weighted by molar-refractivity contribution is -0.115. The van der Waals surface area contributed by atoms with E-state index < -0.39 is 0 Å². The number of methoxy groups -OCH3 is 2. The van der Waals surface area contributed by atoms with Gasteiger partial charge in [-0.15, -0.1) is 0 Å². The zero-order valence-corrected chi connectivity index (χ0v) is 18.4. The van der Waals surface area contributed by atoms with E-state index in [2.05, 4.69) is 17.6 Å². The standard InChI is InChI=1S/C23H28N2O4S/c1-4-5-14-29-20-12-8-18(15-21(20)28-3)16-24-23(30)25-22(26)13-9-17-6-10-19(27-2)11-7-17/h6-13,15H,4-5,14,16H2,1-3H3,(H2,24,25,26,30)/b13-9+. The number of benzene rings is 2. The first-order chi connectivity index (χ1) is 14.5. The highest BCUT2D eigenvalue weighted by Crippen LogP contribution is 2.28. The Morgan fingerprint density at radius 2 is 1.83 bits per heavy atom. The average molecular weight is 429 g/mol. The number of hydrogen-bond donors (Lipinski definition) is 2. The third-order valence-electron chi connectivity index (χ3n) is 4.22. The van der Waals surface area contributed by atoms with Crippen LogP contribution in [0.5, 0.6) is 17.2 Å². The first kappa shape index (κ1) is 23.2. The molecule has 2 aromatic rings. The summed E-state index contributed by atoms with van der Waals surface area (Å²) in [5.41, 5.74) is 1.85. The molecular formula is C23H28N2O4S. The lowest BCUT2D eigenvalue weighted by atomic mass is 10.2. The molecule has 2 rings (SSSR count). The van der Waals surface area contributed by atoms with E-state index >= 15 is 0 Å². The van der Waals surface area contributed by atoms with Crippen molar-refractivity contribution in [3.05, 3.63) is 59.7 Å². The summed E-state index contributed by atoms with van der Waals surface area (Å²) in [6.45, 7) is 3.23. The molecule has 0 aliphatic rings. The summed E-state index contributed by atoms with van der Waals surface area (Å²) < 4.78 is 16.2. The molecule has 0 atom stereocenters. The second-order valence-electron chi connectivity index (χ2n) is 6.47. The van der Waals surface area contributed by atoms with Gasteiger partial charge in [0.15, 0.2) is 16.6 Å². The van der Waals surface area contributed by atoms with Gasteiger partial charge in [-0.05, 0) is 60.1 Å². The fraction of sp³-hybridized carbons (Fsp3) is 0.304. The van der Waals surface area contributed by atoms with Gasteiger partial charge in [0.25, 0.3) is 0 Å². The normalized spacial score (nSPS) is 10.5. The summed E-state index contributed by atoms with van der Waals surface area (Å²) in [6, 6.07) is 13.1. The van der Waals surface area contributed by atoms with Crippen molar-refractivity contribution in [2.75, 3.05) is 20.8 Å². The topological polar surface area (TPSA) is 68.8 Å². The van der Waals surface area contributed by atoms with E-state index in [1.54, 1.807) is 20.3 Å². The first-order valence-corrected chi connectivity index (χ1v) is 10.2. The van der Waals surface area contributed by atoms with Gasteiger partial charge in [-0.2, -0.15) is 0 Å². The van der Waals surface area contributed by atoms with Crippen LogP contribution in [0.15, 0.2) is 48.5 Å². The van der Waals surface area contributed by atoms with Gasteiger partial charge >= 0.3 is 0 Å². The molecule has 0 saturated heterocycles. The molecule has 160 valence electrons. The van der Waals surface area contributed by atoms with Crippen molar-refractivity contribution in [1.29, 1.82) is 0 Å². The van der Waals surface area contributed by atoms with E-state index in [0.29, 0.717) is 24.7 Å². The highest BCUT2D eigenvalue weighted by Gasteiger charge is 2.07. The maximum Gasteiger partial charge on any atom is 0.250 e. The van der Waals surface area contributed by atoms with E-state index in [1.165, 1.54) is 6.08 Å². The van der Waals surface area contributed by atoms with Gasteiger partial charge < -0.3 is 19.5 Å². The van der Waals surface area contributed by atoms with Gasteiger partial charge in [-0.25, -0.2) is 0 Å². The minimum atomic E-state index is -0.305. The Morgan fingerprint density at radius 3 is 2.50 bits per heavy atom. The van der Waals surface area contributed by atoms with Crippen LogP contribution in [0.3, 0.4) is 0 Å². The molecule has 0 aliphatic carbocycles. The molecule has 0 radical (unpaired) electrons. The zero-order valence-electron chi connectivity index (χ0n) is 17.6. The second-order valence-corrected chi connectivity index (χ2v) is 6.87.